The minimum atomic E-state index is 1.19. The lowest BCUT2D eigenvalue weighted by Gasteiger charge is -2.11. The number of hydrogen-bond donors (Lipinski definition) is 1. The molecule has 4 aromatic carbocycles. The maximum absolute atomic E-state index is 3.56. The van der Waals surface area contributed by atoms with Crippen LogP contribution < -0.4 is 0 Å². The van der Waals surface area contributed by atoms with E-state index >= 15 is 0 Å². The number of hydrogen-bond acceptors (Lipinski definition) is 0. The fourth-order valence-corrected chi connectivity index (χ4v) is 4.42. The van der Waals surface area contributed by atoms with Crippen molar-refractivity contribution in [2.24, 2.45) is 0 Å². The molecule has 0 atom stereocenters. The number of para-hydroxylation sites is 2. The van der Waals surface area contributed by atoms with Crippen LogP contribution in [0.5, 0.6) is 0 Å². The second kappa shape index (κ2) is 5.24. The van der Waals surface area contributed by atoms with Crippen molar-refractivity contribution in [3.63, 3.8) is 0 Å². The summed E-state index contributed by atoms with van der Waals surface area (Å²) in [5.41, 5.74) is 6.17. The molecular formula is C25H18N2. The third-order valence-corrected chi connectivity index (χ3v) is 5.69. The minimum Gasteiger partial charge on any atom is -0.354 e. The average Bonchev–Trinajstić information content (AvgIpc) is 3.29. The Kier molecular flexibility index (Phi) is 2.84. The summed E-state index contributed by atoms with van der Waals surface area (Å²) < 4.78 is 2.33. The molecule has 6 rings (SSSR count). The molecule has 0 radical (unpaired) electrons. The predicted octanol–water partition coefficient (Wildman–Crippen LogP) is 6.73. The number of aryl methyl sites for hydroxylation is 1. The molecule has 2 nitrogen and oxygen atoms in total. The van der Waals surface area contributed by atoms with Gasteiger partial charge in [0, 0.05) is 44.5 Å². The van der Waals surface area contributed by atoms with Crippen molar-refractivity contribution in [3.8, 4) is 5.69 Å². The van der Waals surface area contributed by atoms with Gasteiger partial charge in [0.05, 0.1) is 5.52 Å². The van der Waals surface area contributed by atoms with Crippen LogP contribution in [-0.2, 0) is 0 Å². The van der Waals surface area contributed by atoms with Gasteiger partial charge in [-0.15, -0.1) is 0 Å². The van der Waals surface area contributed by atoms with Crippen molar-refractivity contribution in [2.45, 2.75) is 6.92 Å². The van der Waals surface area contributed by atoms with E-state index in [2.05, 4.69) is 102 Å². The Morgan fingerprint density at radius 3 is 2.41 bits per heavy atom. The third-order valence-electron chi connectivity index (χ3n) is 5.69. The molecule has 0 aliphatic rings. The maximum Gasteiger partial charge on any atom is 0.0607 e. The van der Waals surface area contributed by atoms with E-state index in [1.807, 2.05) is 0 Å². The highest BCUT2D eigenvalue weighted by Crippen LogP contribution is 2.36. The number of rotatable bonds is 1. The number of nitrogens with one attached hydrogen (secondary N) is 1. The number of aromatic nitrogens is 2. The zero-order valence-corrected chi connectivity index (χ0v) is 15.0. The van der Waals surface area contributed by atoms with Crippen molar-refractivity contribution in [1.29, 1.82) is 0 Å². The van der Waals surface area contributed by atoms with Crippen molar-refractivity contribution in [2.75, 3.05) is 0 Å². The summed E-state index contributed by atoms with van der Waals surface area (Å²) in [6.45, 7) is 2.17. The van der Waals surface area contributed by atoms with Crippen LogP contribution in [0, 0.1) is 6.92 Å². The highest BCUT2D eigenvalue weighted by Gasteiger charge is 2.13. The van der Waals surface area contributed by atoms with E-state index in [0.29, 0.717) is 0 Å². The largest absolute Gasteiger partial charge is 0.354 e. The molecule has 2 heterocycles. The van der Waals surface area contributed by atoms with Gasteiger partial charge in [-0.25, -0.2) is 0 Å². The summed E-state index contributed by atoms with van der Waals surface area (Å²) >= 11 is 0. The fourth-order valence-electron chi connectivity index (χ4n) is 4.42. The maximum atomic E-state index is 3.56. The van der Waals surface area contributed by atoms with E-state index in [-0.39, 0.29) is 0 Å². The summed E-state index contributed by atoms with van der Waals surface area (Å²) in [5, 5.41) is 6.45. The first-order valence-electron chi connectivity index (χ1n) is 9.30. The lowest BCUT2D eigenvalue weighted by Crippen LogP contribution is -1.95. The first-order chi connectivity index (χ1) is 13.3. The third kappa shape index (κ3) is 1.95. The normalized spacial score (nSPS) is 11.9. The van der Waals surface area contributed by atoms with Crippen LogP contribution in [0.2, 0.25) is 0 Å². The number of nitrogens with zero attached hydrogens (tertiary/aromatic N) is 1. The van der Waals surface area contributed by atoms with Crippen LogP contribution in [0.15, 0.2) is 85.1 Å². The average molecular weight is 346 g/mol. The zero-order valence-electron chi connectivity index (χ0n) is 15.0. The fraction of sp³-hybridized carbons (Fsp3) is 0.0400. The van der Waals surface area contributed by atoms with Gasteiger partial charge in [-0.1, -0.05) is 54.6 Å². The standard InChI is InChI=1S/C25H18N2/c1-16-6-2-5-9-23(16)27-15-14-17-10-11-18-19(25(17)27)12-13-22-24(18)20-7-3-4-8-21(20)26-22/h2-15,26H,1H3. The Labute approximate surface area is 156 Å². The molecule has 27 heavy (non-hydrogen) atoms. The van der Waals surface area contributed by atoms with Gasteiger partial charge in [-0.2, -0.15) is 0 Å². The van der Waals surface area contributed by atoms with Gasteiger partial charge in [0.1, 0.15) is 0 Å². The Balaban J connectivity index is 1.81. The Bertz CT molecular complexity index is 1480. The molecule has 0 amide bonds. The molecule has 0 bridgehead atoms. The van der Waals surface area contributed by atoms with E-state index in [9.17, 15) is 0 Å². The summed E-state index contributed by atoms with van der Waals surface area (Å²) in [5.74, 6) is 0. The monoisotopic (exact) mass is 346 g/mol. The van der Waals surface area contributed by atoms with Gasteiger partial charge >= 0.3 is 0 Å². The molecule has 0 aliphatic heterocycles. The molecule has 6 aromatic rings. The second-order valence-electron chi connectivity index (χ2n) is 7.23. The summed E-state index contributed by atoms with van der Waals surface area (Å²) in [4.78, 5) is 3.56. The number of H-pyrrole nitrogens is 1. The Morgan fingerprint density at radius 2 is 1.48 bits per heavy atom. The lowest BCUT2D eigenvalue weighted by molar-refractivity contribution is 1.11. The summed E-state index contributed by atoms with van der Waals surface area (Å²) in [7, 11) is 0. The van der Waals surface area contributed by atoms with Gasteiger partial charge in [-0.05, 0) is 42.1 Å². The van der Waals surface area contributed by atoms with Crippen molar-refractivity contribution in [3.05, 3.63) is 90.6 Å². The van der Waals surface area contributed by atoms with Crippen LogP contribution in [-0.4, -0.2) is 9.55 Å². The number of fused-ring (bicyclic) bond motifs is 7. The van der Waals surface area contributed by atoms with Crippen molar-refractivity contribution < 1.29 is 0 Å². The second-order valence-corrected chi connectivity index (χ2v) is 7.23. The van der Waals surface area contributed by atoms with Gasteiger partial charge in [-0.3, -0.25) is 0 Å². The predicted molar refractivity (Wildman–Crippen MR) is 115 cm³/mol. The van der Waals surface area contributed by atoms with Crippen LogP contribution in [0.3, 0.4) is 0 Å². The van der Waals surface area contributed by atoms with Gasteiger partial charge < -0.3 is 9.55 Å². The highest BCUT2D eigenvalue weighted by atomic mass is 15.0. The van der Waals surface area contributed by atoms with Crippen LogP contribution >= 0.6 is 0 Å². The van der Waals surface area contributed by atoms with Gasteiger partial charge in [0.2, 0.25) is 0 Å². The molecule has 2 aromatic heterocycles. The topological polar surface area (TPSA) is 20.7 Å². The SMILES string of the molecule is Cc1ccccc1-n1ccc2ccc3c(ccc4[nH]c5ccccc5c43)c21. The summed E-state index contributed by atoms with van der Waals surface area (Å²) in [6, 6.07) is 28.3. The molecule has 2 heteroatoms. The summed E-state index contributed by atoms with van der Waals surface area (Å²) in [6.07, 6.45) is 2.19. The van der Waals surface area contributed by atoms with Crippen LogP contribution in [0.25, 0.3) is 49.2 Å². The van der Waals surface area contributed by atoms with Gasteiger partial charge in [0.25, 0.3) is 0 Å². The molecule has 0 saturated carbocycles. The van der Waals surface area contributed by atoms with Crippen LogP contribution in [0.4, 0.5) is 0 Å². The first kappa shape index (κ1) is 14.6. The van der Waals surface area contributed by atoms with E-state index in [4.69, 9.17) is 0 Å². The smallest absolute Gasteiger partial charge is 0.0607 e. The Hall–Kier alpha value is -3.52. The molecule has 1 N–H and O–H groups in total. The molecule has 0 spiro atoms. The van der Waals surface area contributed by atoms with Crippen molar-refractivity contribution >= 4 is 43.5 Å². The van der Waals surface area contributed by atoms with E-state index < -0.39 is 0 Å². The van der Waals surface area contributed by atoms with Crippen LogP contribution in [0.1, 0.15) is 5.56 Å². The molecule has 0 fully saturated rings. The first-order valence-corrected chi connectivity index (χ1v) is 9.30. The van der Waals surface area contributed by atoms with E-state index in [1.165, 1.54) is 54.7 Å². The molecule has 128 valence electrons. The minimum absolute atomic E-state index is 1.19. The molecule has 0 unspecified atom stereocenters. The molecule has 0 aliphatic carbocycles. The van der Waals surface area contributed by atoms with E-state index in [1.54, 1.807) is 0 Å². The van der Waals surface area contributed by atoms with Crippen molar-refractivity contribution in [1.82, 2.24) is 9.55 Å². The zero-order chi connectivity index (χ0) is 18.0. The van der Waals surface area contributed by atoms with E-state index in [0.717, 1.165) is 0 Å². The Morgan fingerprint density at radius 1 is 0.667 bits per heavy atom. The molecular weight excluding hydrogens is 328 g/mol. The molecule has 0 saturated heterocycles. The highest BCUT2D eigenvalue weighted by molar-refractivity contribution is 6.24. The number of benzene rings is 4. The lowest BCUT2D eigenvalue weighted by atomic mass is 10.0. The quantitative estimate of drug-likeness (QED) is 0.341. The number of aromatic amines is 1. The van der Waals surface area contributed by atoms with Gasteiger partial charge in [0.15, 0.2) is 0 Å².